The zero-order chi connectivity index (χ0) is 29.1. The molecule has 1 aromatic carbocycles. The first-order valence-electron chi connectivity index (χ1n) is 11.7. The van der Waals surface area contributed by atoms with Crippen molar-refractivity contribution in [3.8, 4) is 9.88 Å². The smallest absolute Gasteiger partial charge is 0.370 e. The number of rotatable bonds is 7. The Balaban J connectivity index is 1.48. The molecule has 1 fully saturated rings. The van der Waals surface area contributed by atoms with E-state index in [1.54, 1.807) is 45.2 Å². The van der Waals surface area contributed by atoms with Crippen LogP contribution in [0.2, 0.25) is 0 Å². The van der Waals surface area contributed by atoms with Crippen LogP contribution in [0.1, 0.15) is 23.3 Å². The van der Waals surface area contributed by atoms with E-state index < -0.39 is 42.2 Å². The van der Waals surface area contributed by atoms with Gasteiger partial charge >= 0.3 is 24.2 Å². The number of piperidine rings is 1. The highest BCUT2D eigenvalue weighted by molar-refractivity contribution is 7.20. The van der Waals surface area contributed by atoms with Crippen molar-refractivity contribution >= 4 is 51.8 Å². The molecule has 40 heavy (non-hydrogen) atoms. The van der Waals surface area contributed by atoms with Crippen molar-refractivity contribution in [3.05, 3.63) is 52.9 Å². The number of thiophene rings is 1. The van der Waals surface area contributed by atoms with E-state index >= 15 is 0 Å². The topological polar surface area (TPSA) is 103 Å². The molecule has 0 aliphatic carbocycles. The number of anilines is 2. The van der Waals surface area contributed by atoms with Crippen LogP contribution in [0.3, 0.4) is 0 Å². The second-order valence-electron chi connectivity index (χ2n) is 8.89. The van der Waals surface area contributed by atoms with Gasteiger partial charge in [0.2, 0.25) is 0 Å². The number of carbonyl (C=O) groups is 3. The van der Waals surface area contributed by atoms with Gasteiger partial charge in [0.25, 0.3) is 5.91 Å². The van der Waals surface area contributed by atoms with Gasteiger partial charge in [0.15, 0.2) is 0 Å². The summed E-state index contributed by atoms with van der Waals surface area (Å²) in [5.74, 6) is -5.13. The summed E-state index contributed by atoms with van der Waals surface area (Å²) in [4.78, 5) is 42.9. The molecule has 0 atom stereocenters. The van der Waals surface area contributed by atoms with Gasteiger partial charge in [-0.2, -0.15) is 26.3 Å². The Morgan fingerprint density at radius 3 is 2.23 bits per heavy atom. The third-order valence-corrected chi connectivity index (χ3v) is 8.04. The van der Waals surface area contributed by atoms with Crippen LogP contribution in [-0.2, 0) is 9.59 Å². The van der Waals surface area contributed by atoms with Crippen molar-refractivity contribution in [2.75, 3.05) is 29.9 Å². The highest BCUT2D eigenvalue weighted by atomic mass is 32.1. The lowest BCUT2D eigenvalue weighted by atomic mass is 9.86. The molecule has 3 aromatic rings. The minimum Gasteiger partial charge on any atom is -0.370 e. The van der Waals surface area contributed by atoms with Crippen molar-refractivity contribution in [2.45, 2.75) is 30.7 Å². The zero-order valence-electron chi connectivity index (χ0n) is 20.4. The monoisotopic (exact) mass is 605 g/mol. The Kier molecular flexibility index (Phi) is 8.39. The molecule has 16 heteroatoms. The van der Waals surface area contributed by atoms with Gasteiger partial charge in [-0.05, 0) is 36.4 Å². The van der Waals surface area contributed by atoms with Crippen LogP contribution in [0, 0.1) is 0 Å². The average molecular weight is 606 g/mol. The fourth-order valence-corrected chi connectivity index (χ4v) is 5.73. The van der Waals surface area contributed by atoms with Gasteiger partial charge in [-0.15, -0.1) is 22.7 Å². The molecule has 214 valence electrons. The molecular formula is C24H21F6N5O3S2. The fourth-order valence-electron chi connectivity index (χ4n) is 4.12. The van der Waals surface area contributed by atoms with Gasteiger partial charge in [-0.1, -0.05) is 18.2 Å². The molecule has 4 rings (SSSR count). The number of nitrogens with one attached hydrogen (secondary N) is 3. The van der Waals surface area contributed by atoms with Crippen molar-refractivity contribution in [2.24, 2.45) is 0 Å². The molecule has 3 amide bonds. The number of nitrogens with zero attached hydrogens (tertiary/aromatic N) is 2. The van der Waals surface area contributed by atoms with E-state index in [0.29, 0.717) is 16.4 Å². The van der Waals surface area contributed by atoms with Crippen LogP contribution in [0.5, 0.6) is 0 Å². The summed E-state index contributed by atoms with van der Waals surface area (Å²) in [5, 5.41) is 10.3. The quantitative estimate of drug-likeness (QED) is 0.335. The maximum absolute atomic E-state index is 13.0. The summed E-state index contributed by atoms with van der Waals surface area (Å²) < 4.78 is 76.9. The molecule has 0 unspecified atom stereocenters. The number of hydrogen-bond donors (Lipinski definition) is 3. The van der Waals surface area contributed by atoms with Crippen LogP contribution in [0.25, 0.3) is 9.88 Å². The lowest BCUT2D eigenvalue weighted by Crippen LogP contribution is -2.63. The van der Waals surface area contributed by atoms with Gasteiger partial charge in [0.1, 0.15) is 10.7 Å². The molecule has 3 N–H and O–H groups in total. The summed E-state index contributed by atoms with van der Waals surface area (Å²) in [6, 6.07) is 10.4. The van der Waals surface area contributed by atoms with Gasteiger partial charge in [-0.3, -0.25) is 14.4 Å². The molecule has 1 aliphatic rings. The van der Waals surface area contributed by atoms with Crippen LogP contribution in [-0.4, -0.2) is 60.2 Å². The Bertz CT molecular complexity index is 1370. The average Bonchev–Trinajstić information content (AvgIpc) is 3.60. The minimum absolute atomic E-state index is 0.00609. The summed E-state index contributed by atoms with van der Waals surface area (Å²) >= 11 is 2.79. The highest BCUT2D eigenvalue weighted by Crippen LogP contribution is 2.33. The van der Waals surface area contributed by atoms with E-state index in [2.05, 4.69) is 10.3 Å². The normalized spacial score (nSPS) is 15.4. The van der Waals surface area contributed by atoms with E-state index in [9.17, 15) is 40.7 Å². The molecule has 0 spiro atoms. The molecule has 1 saturated heterocycles. The van der Waals surface area contributed by atoms with Crippen molar-refractivity contribution in [1.29, 1.82) is 0 Å². The number of hydrogen-bond acceptors (Lipinski definition) is 7. The van der Waals surface area contributed by atoms with Crippen LogP contribution in [0.4, 0.5) is 37.7 Å². The Labute approximate surface area is 231 Å². The second-order valence-corrected chi connectivity index (χ2v) is 10.7. The van der Waals surface area contributed by atoms with Crippen molar-refractivity contribution in [1.82, 2.24) is 15.6 Å². The summed E-state index contributed by atoms with van der Waals surface area (Å²) in [7, 11) is 0. The Hall–Kier alpha value is -3.66. The van der Waals surface area contributed by atoms with E-state index in [0.717, 1.165) is 4.88 Å². The van der Waals surface area contributed by atoms with Crippen molar-refractivity contribution in [3.63, 3.8) is 0 Å². The van der Waals surface area contributed by atoms with Crippen LogP contribution in [0.15, 0.2) is 47.2 Å². The number of halogens is 6. The molecule has 2 aromatic heterocycles. The third-order valence-electron chi connectivity index (χ3n) is 6.16. The van der Waals surface area contributed by atoms with Gasteiger partial charge in [0.05, 0.1) is 21.8 Å². The highest BCUT2D eigenvalue weighted by Gasteiger charge is 2.47. The number of benzene rings is 1. The molecule has 0 saturated carbocycles. The summed E-state index contributed by atoms with van der Waals surface area (Å²) in [6.45, 7) is -0.839. The predicted molar refractivity (Wildman–Crippen MR) is 137 cm³/mol. The molecular weight excluding hydrogens is 584 g/mol. The first-order valence-corrected chi connectivity index (χ1v) is 13.4. The lowest BCUT2D eigenvalue weighted by molar-refractivity contribution is -0.177. The largest absolute Gasteiger partial charge is 0.471 e. The number of alkyl halides is 6. The van der Waals surface area contributed by atoms with Gasteiger partial charge in [0, 0.05) is 25.0 Å². The first-order chi connectivity index (χ1) is 18.8. The Morgan fingerprint density at radius 1 is 0.925 bits per heavy atom. The minimum atomic E-state index is -5.27. The molecule has 8 nitrogen and oxygen atoms in total. The number of thiazole rings is 1. The summed E-state index contributed by atoms with van der Waals surface area (Å²) in [6.07, 6.45) is -10.9. The van der Waals surface area contributed by atoms with E-state index in [4.69, 9.17) is 0 Å². The maximum Gasteiger partial charge on any atom is 0.471 e. The predicted octanol–water partition coefficient (Wildman–Crippen LogP) is 4.82. The van der Waals surface area contributed by atoms with Gasteiger partial charge in [-0.25, -0.2) is 4.98 Å². The van der Waals surface area contributed by atoms with Crippen LogP contribution >= 0.6 is 22.7 Å². The van der Waals surface area contributed by atoms with E-state index in [1.165, 1.54) is 22.7 Å². The zero-order valence-corrected chi connectivity index (χ0v) is 22.0. The van der Waals surface area contributed by atoms with Crippen molar-refractivity contribution < 1.29 is 40.7 Å². The number of para-hydroxylation sites is 2. The third kappa shape index (κ3) is 6.91. The SMILES string of the molecule is O=C(Nc1ccccc1N1CCC(CNC(=O)C(F)(F)F)(NC(=O)C(F)(F)F)CC1)c1csc(-c2cccs2)n1. The maximum atomic E-state index is 13.0. The lowest BCUT2D eigenvalue weighted by Gasteiger charge is -2.43. The number of aromatic nitrogens is 1. The molecule has 3 heterocycles. The standard InChI is InChI=1S/C24H21F6N5O3S2/c25-23(26,27)20(37)31-13-22(34-21(38)24(28,29)30)7-9-35(10-8-22)16-5-2-1-4-14(16)32-18(36)15-12-40-19(33-15)17-6-3-11-39-17/h1-6,11-12H,7-10,13H2,(H,31,37)(H,32,36)(H,34,38). The number of carbonyl (C=O) groups excluding carboxylic acids is 3. The fraction of sp³-hybridized carbons (Fsp3) is 0.333. The summed E-state index contributed by atoms with van der Waals surface area (Å²) in [5.41, 5.74) is -0.688. The van der Waals surface area contributed by atoms with E-state index in [-0.39, 0.29) is 31.6 Å². The Morgan fingerprint density at radius 2 is 1.60 bits per heavy atom. The van der Waals surface area contributed by atoms with E-state index in [1.807, 2.05) is 17.5 Å². The van der Waals surface area contributed by atoms with Gasteiger partial charge < -0.3 is 20.9 Å². The molecule has 0 bridgehead atoms. The first kappa shape index (κ1) is 29.3. The van der Waals surface area contributed by atoms with Crippen LogP contribution < -0.4 is 20.9 Å². The number of amides is 3. The second kappa shape index (κ2) is 11.4. The molecule has 0 radical (unpaired) electrons. The molecule has 1 aliphatic heterocycles.